The smallest absolute Gasteiger partial charge is 0.407 e. The van der Waals surface area contributed by atoms with Gasteiger partial charge in [-0.1, -0.05) is 0 Å². The lowest BCUT2D eigenvalue weighted by Crippen LogP contribution is -2.37. The van der Waals surface area contributed by atoms with Crippen molar-refractivity contribution in [2.45, 2.75) is 65.1 Å². The van der Waals surface area contributed by atoms with Gasteiger partial charge in [0, 0.05) is 30.8 Å². The number of ether oxygens (including phenoxy) is 2. The van der Waals surface area contributed by atoms with Crippen molar-refractivity contribution in [2.75, 3.05) is 20.3 Å². The molecule has 0 radical (unpaired) electrons. The maximum atomic E-state index is 11.6. The van der Waals surface area contributed by atoms with Crippen molar-refractivity contribution < 1.29 is 14.3 Å². The fraction of sp³-hybridized carbons (Fsp3) is 0.765. The Labute approximate surface area is 149 Å². The van der Waals surface area contributed by atoms with Gasteiger partial charge in [0.2, 0.25) is 0 Å². The number of thiazole rings is 1. The molecular weight excluding hydrogens is 326 g/mol. The van der Waals surface area contributed by atoms with Crippen LogP contribution in [0.25, 0.3) is 0 Å². The maximum Gasteiger partial charge on any atom is 0.407 e. The van der Waals surface area contributed by atoms with E-state index in [2.05, 4.69) is 27.9 Å². The molecule has 1 heterocycles. The third-order valence-electron chi connectivity index (χ3n) is 3.26. The van der Waals surface area contributed by atoms with E-state index in [1.54, 1.807) is 18.4 Å². The number of nitrogens with one attached hydrogen (secondary N) is 2. The molecule has 2 N–H and O–H groups in total. The van der Waals surface area contributed by atoms with Crippen LogP contribution in [-0.2, 0) is 9.47 Å². The van der Waals surface area contributed by atoms with Gasteiger partial charge in [0.25, 0.3) is 0 Å². The molecule has 2 unspecified atom stereocenters. The van der Waals surface area contributed by atoms with E-state index in [4.69, 9.17) is 9.47 Å². The average Bonchev–Trinajstić information content (AvgIpc) is 2.88. The first kappa shape index (κ1) is 20.9. The summed E-state index contributed by atoms with van der Waals surface area (Å²) in [4.78, 5) is 16.1. The summed E-state index contributed by atoms with van der Waals surface area (Å²) in [6.45, 7) is 10.9. The second kappa shape index (κ2) is 9.96. The summed E-state index contributed by atoms with van der Waals surface area (Å²) in [5.41, 5.74) is 0.583. The molecule has 0 aliphatic rings. The molecule has 0 aliphatic carbocycles. The number of carbonyl (C=O) groups is 1. The molecule has 0 saturated carbocycles. The molecule has 7 heteroatoms. The van der Waals surface area contributed by atoms with Gasteiger partial charge in [0.15, 0.2) is 0 Å². The van der Waals surface area contributed by atoms with Crippen molar-refractivity contribution in [2.24, 2.45) is 0 Å². The van der Waals surface area contributed by atoms with Crippen molar-refractivity contribution in [1.82, 2.24) is 15.6 Å². The van der Waals surface area contributed by atoms with Crippen LogP contribution in [0.15, 0.2) is 5.38 Å². The Bertz CT molecular complexity index is 500. The Morgan fingerprint density at radius 3 is 2.67 bits per heavy atom. The SMILES string of the molecule is COCC(CCCNC(=O)OC(C)(C)C)NC(C)c1nc(C)cs1. The van der Waals surface area contributed by atoms with Gasteiger partial charge in [0.05, 0.1) is 12.6 Å². The predicted octanol–water partition coefficient (Wildman–Crippen LogP) is 3.42. The molecular formula is C17H31N3O3S. The summed E-state index contributed by atoms with van der Waals surface area (Å²) in [6.07, 6.45) is 1.38. The van der Waals surface area contributed by atoms with Gasteiger partial charge in [-0.3, -0.25) is 0 Å². The van der Waals surface area contributed by atoms with Gasteiger partial charge in [-0.25, -0.2) is 9.78 Å². The van der Waals surface area contributed by atoms with Crippen LogP contribution in [0.4, 0.5) is 4.79 Å². The van der Waals surface area contributed by atoms with Crippen LogP contribution in [0.3, 0.4) is 0 Å². The minimum absolute atomic E-state index is 0.183. The van der Waals surface area contributed by atoms with Crippen LogP contribution in [0, 0.1) is 6.92 Å². The van der Waals surface area contributed by atoms with Crippen LogP contribution in [0.5, 0.6) is 0 Å². The monoisotopic (exact) mass is 357 g/mol. The van der Waals surface area contributed by atoms with E-state index in [0.717, 1.165) is 23.5 Å². The number of alkyl carbamates (subject to hydrolysis) is 1. The van der Waals surface area contributed by atoms with Crippen molar-refractivity contribution in [1.29, 1.82) is 0 Å². The molecule has 24 heavy (non-hydrogen) atoms. The van der Waals surface area contributed by atoms with Gasteiger partial charge in [0.1, 0.15) is 10.6 Å². The summed E-state index contributed by atoms with van der Waals surface area (Å²) in [7, 11) is 1.70. The summed E-state index contributed by atoms with van der Waals surface area (Å²) < 4.78 is 10.5. The van der Waals surface area contributed by atoms with Gasteiger partial charge in [-0.05, 0) is 47.5 Å². The molecule has 2 atom stereocenters. The van der Waals surface area contributed by atoms with Crippen molar-refractivity contribution in [3.8, 4) is 0 Å². The quantitative estimate of drug-likeness (QED) is 0.663. The molecule has 0 saturated heterocycles. The molecule has 138 valence electrons. The Balaban J connectivity index is 2.34. The van der Waals surface area contributed by atoms with Crippen molar-refractivity contribution in [3.05, 3.63) is 16.1 Å². The van der Waals surface area contributed by atoms with E-state index < -0.39 is 5.60 Å². The zero-order valence-corrected chi connectivity index (χ0v) is 16.5. The number of nitrogens with zero attached hydrogens (tertiary/aromatic N) is 1. The second-order valence-electron chi connectivity index (χ2n) is 6.94. The van der Waals surface area contributed by atoms with Gasteiger partial charge >= 0.3 is 6.09 Å². The van der Waals surface area contributed by atoms with Crippen LogP contribution in [-0.4, -0.2) is 43.0 Å². The Morgan fingerprint density at radius 1 is 1.42 bits per heavy atom. The summed E-state index contributed by atoms with van der Waals surface area (Å²) in [6, 6.07) is 0.400. The van der Waals surface area contributed by atoms with E-state index >= 15 is 0 Å². The number of carbonyl (C=O) groups excluding carboxylic acids is 1. The third kappa shape index (κ3) is 8.61. The fourth-order valence-electron chi connectivity index (χ4n) is 2.26. The standard InChI is InChI=1S/C17H31N3O3S/c1-12-11-24-15(19-12)13(2)20-14(10-22-6)8-7-9-18-16(21)23-17(3,4)5/h11,13-14,20H,7-10H2,1-6H3,(H,18,21). The number of aromatic nitrogens is 1. The minimum atomic E-state index is -0.467. The summed E-state index contributed by atoms with van der Waals surface area (Å²) in [5.74, 6) is 0. The van der Waals surface area contributed by atoms with Crippen molar-refractivity contribution in [3.63, 3.8) is 0 Å². The fourth-order valence-corrected chi connectivity index (χ4v) is 3.08. The first-order valence-corrected chi connectivity index (χ1v) is 9.23. The normalized spacial score (nSPS) is 14.2. The van der Waals surface area contributed by atoms with Crippen molar-refractivity contribution >= 4 is 17.4 Å². The molecule has 1 aromatic heterocycles. The summed E-state index contributed by atoms with van der Waals surface area (Å²) >= 11 is 1.67. The first-order valence-electron chi connectivity index (χ1n) is 8.35. The number of amides is 1. The Kier molecular flexibility index (Phi) is 8.66. The Hall–Kier alpha value is -1.18. The molecule has 0 aliphatic heterocycles. The molecule has 0 spiro atoms. The van der Waals surface area contributed by atoms with Crippen LogP contribution < -0.4 is 10.6 Å². The van der Waals surface area contributed by atoms with Crippen LogP contribution in [0.2, 0.25) is 0 Å². The topological polar surface area (TPSA) is 72.5 Å². The lowest BCUT2D eigenvalue weighted by molar-refractivity contribution is 0.0526. The van der Waals surface area contributed by atoms with Gasteiger partial charge in [-0.15, -0.1) is 11.3 Å². The molecule has 0 aromatic carbocycles. The number of hydrogen-bond acceptors (Lipinski definition) is 6. The van der Waals surface area contributed by atoms with E-state index in [9.17, 15) is 4.79 Å². The Morgan fingerprint density at radius 2 is 2.12 bits per heavy atom. The van der Waals surface area contributed by atoms with Crippen LogP contribution in [0.1, 0.15) is 57.3 Å². The van der Waals surface area contributed by atoms with Gasteiger partial charge < -0.3 is 20.1 Å². The van der Waals surface area contributed by atoms with E-state index in [1.807, 2.05) is 27.7 Å². The average molecular weight is 358 g/mol. The highest BCUT2D eigenvalue weighted by atomic mass is 32.1. The zero-order chi connectivity index (χ0) is 18.2. The van der Waals surface area contributed by atoms with E-state index in [-0.39, 0.29) is 18.2 Å². The van der Waals surface area contributed by atoms with Crippen LogP contribution >= 0.6 is 11.3 Å². The summed E-state index contributed by atoms with van der Waals surface area (Å²) in [5, 5.41) is 9.48. The molecule has 0 fully saturated rings. The minimum Gasteiger partial charge on any atom is -0.444 e. The number of methoxy groups -OCH3 is 1. The lowest BCUT2D eigenvalue weighted by Gasteiger charge is -2.22. The molecule has 1 aromatic rings. The molecule has 6 nitrogen and oxygen atoms in total. The second-order valence-corrected chi connectivity index (χ2v) is 7.83. The lowest BCUT2D eigenvalue weighted by atomic mass is 10.1. The number of hydrogen-bond donors (Lipinski definition) is 2. The molecule has 1 amide bonds. The van der Waals surface area contributed by atoms with E-state index in [0.29, 0.717) is 13.2 Å². The highest BCUT2D eigenvalue weighted by Gasteiger charge is 2.17. The molecule has 1 rings (SSSR count). The van der Waals surface area contributed by atoms with Gasteiger partial charge in [-0.2, -0.15) is 0 Å². The predicted molar refractivity (Wildman–Crippen MR) is 97.5 cm³/mol. The largest absolute Gasteiger partial charge is 0.444 e. The molecule has 0 bridgehead atoms. The highest BCUT2D eigenvalue weighted by molar-refractivity contribution is 7.09. The zero-order valence-electron chi connectivity index (χ0n) is 15.6. The van der Waals surface area contributed by atoms with E-state index in [1.165, 1.54) is 0 Å². The number of rotatable bonds is 9. The number of aryl methyl sites for hydroxylation is 1. The highest BCUT2D eigenvalue weighted by Crippen LogP contribution is 2.18. The third-order valence-corrected chi connectivity index (χ3v) is 4.40. The first-order chi connectivity index (χ1) is 11.2. The maximum absolute atomic E-state index is 11.6.